The van der Waals surface area contributed by atoms with Crippen molar-refractivity contribution in [1.29, 1.82) is 0 Å². The van der Waals surface area contributed by atoms with Gasteiger partial charge in [0.2, 0.25) is 5.91 Å². The molecular weight excluding hydrogens is 671 g/mol. The second-order valence-electron chi connectivity index (χ2n) is 15.7. The molecule has 0 fully saturated rings. The maximum Gasteiger partial charge on any atom is 0.305 e. The Balaban J connectivity index is 3.57. The second kappa shape index (κ2) is 43.8. The monoisotopic (exact) mass is 760 g/mol. The van der Waals surface area contributed by atoms with Crippen molar-refractivity contribution < 1.29 is 24.5 Å². The summed E-state index contributed by atoms with van der Waals surface area (Å²) in [4.78, 5) is 24.3. The van der Waals surface area contributed by atoms with Crippen LogP contribution in [-0.2, 0) is 14.3 Å². The lowest BCUT2D eigenvalue weighted by Crippen LogP contribution is -2.45. The minimum atomic E-state index is -0.697. The number of aliphatic hydroxyl groups is 2. The number of ether oxygens (including phenoxy) is 1. The van der Waals surface area contributed by atoms with Gasteiger partial charge in [-0.15, -0.1) is 0 Å². The summed E-state index contributed by atoms with van der Waals surface area (Å²) in [6.07, 6.45) is 51.1. The maximum absolute atomic E-state index is 12.3. The Hall–Kier alpha value is -1.92. The van der Waals surface area contributed by atoms with Gasteiger partial charge in [0.25, 0.3) is 0 Å². The molecule has 2 atom stereocenters. The van der Waals surface area contributed by atoms with Crippen molar-refractivity contribution in [2.24, 2.45) is 0 Å². The molecule has 6 heteroatoms. The van der Waals surface area contributed by atoms with E-state index in [9.17, 15) is 19.8 Å². The van der Waals surface area contributed by atoms with Gasteiger partial charge in [-0.05, 0) is 70.6 Å². The minimum Gasteiger partial charge on any atom is -0.466 e. The van der Waals surface area contributed by atoms with Crippen molar-refractivity contribution in [3.63, 3.8) is 0 Å². The normalized spacial score (nSPS) is 13.0. The average Bonchev–Trinajstić information content (AvgIpc) is 3.17. The first-order valence-corrected chi connectivity index (χ1v) is 23.2. The summed E-state index contributed by atoms with van der Waals surface area (Å²) in [5.74, 6) is -0.146. The number of carbonyl (C=O) groups is 2. The zero-order valence-electron chi connectivity index (χ0n) is 35.7. The Morgan fingerprint density at radius 1 is 0.519 bits per heavy atom. The first-order valence-electron chi connectivity index (χ1n) is 23.2. The lowest BCUT2D eigenvalue weighted by Gasteiger charge is -2.22. The molecule has 0 aromatic heterocycles. The zero-order valence-corrected chi connectivity index (χ0v) is 35.7. The lowest BCUT2D eigenvalue weighted by atomic mass is 10.0. The zero-order chi connectivity index (χ0) is 39.4. The fourth-order valence-corrected chi connectivity index (χ4v) is 6.80. The van der Waals surface area contributed by atoms with Crippen LogP contribution in [0, 0.1) is 0 Å². The highest BCUT2D eigenvalue weighted by atomic mass is 16.5. The van der Waals surface area contributed by atoms with E-state index in [4.69, 9.17) is 4.74 Å². The number of aliphatic hydroxyl groups excluding tert-OH is 2. The first-order chi connectivity index (χ1) is 26.5. The fraction of sp³-hybridized carbons (Fsp3) is 0.833. The van der Waals surface area contributed by atoms with E-state index in [-0.39, 0.29) is 18.5 Å². The third-order valence-electron chi connectivity index (χ3n) is 10.4. The molecule has 0 aliphatic carbocycles. The highest BCUT2D eigenvalue weighted by Crippen LogP contribution is 2.14. The van der Waals surface area contributed by atoms with Crippen LogP contribution in [0.1, 0.15) is 232 Å². The molecule has 0 heterocycles. The van der Waals surface area contributed by atoms with Crippen molar-refractivity contribution in [1.82, 2.24) is 5.32 Å². The van der Waals surface area contributed by atoms with Crippen molar-refractivity contribution in [3.05, 3.63) is 36.5 Å². The Labute approximate surface area is 334 Å². The SMILES string of the molecule is CCCCCC/C=C\CCCCCCCC(=O)OCCCCCCCC/C=C\C/C=C\CCC(=O)NC(CO)C(O)CCCCCCCCCCCCC. The first kappa shape index (κ1) is 52.1. The van der Waals surface area contributed by atoms with E-state index in [0.29, 0.717) is 32.3 Å². The van der Waals surface area contributed by atoms with Crippen LogP contribution in [0.25, 0.3) is 0 Å². The molecule has 54 heavy (non-hydrogen) atoms. The second-order valence-corrected chi connectivity index (χ2v) is 15.7. The van der Waals surface area contributed by atoms with E-state index in [1.165, 1.54) is 141 Å². The van der Waals surface area contributed by atoms with Crippen molar-refractivity contribution in [3.8, 4) is 0 Å². The van der Waals surface area contributed by atoms with Crippen LogP contribution in [0.15, 0.2) is 36.5 Å². The van der Waals surface area contributed by atoms with Gasteiger partial charge in [0.05, 0.1) is 25.4 Å². The van der Waals surface area contributed by atoms with E-state index < -0.39 is 12.1 Å². The number of amides is 1. The van der Waals surface area contributed by atoms with Gasteiger partial charge in [-0.3, -0.25) is 9.59 Å². The average molecular weight is 760 g/mol. The van der Waals surface area contributed by atoms with E-state index >= 15 is 0 Å². The Kier molecular flexibility index (Phi) is 42.2. The highest BCUT2D eigenvalue weighted by molar-refractivity contribution is 5.76. The molecule has 0 radical (unpaired) electrons. The van der Waals surface area contributed by atoms with Gasteiger partial charge < -0.3 is 20.3 Å². The third kappa shape index (κ3) is 39.8. The summed E-state index contributed by atoms with van der Waals surface area (Å²) in [7, 11) is 0. The van der Waals surface area contributed by atoms with E-state index in [1.54, 1.807) is 0 Å². The number of hydrogen-bond acceptors (Lipinski definition) is 5. The number of carbonyl (C=O) groups excluding carboxylic acids is 2. The molecule has 0 bridgehead atoms. The van der Waals surface area contributed by atoms with Crippen molar-refractivity contribution in [2.45, 2.75) is 244 Å². The summed E-state index contributed by atoms with van der Waals surface area (Å²) in [5.41, 5.74) is 0. The van der Waals surface area contributed by atoms with Crippen LogP contribution >= 0.6 is 0 Å². The minimum absolute atomic E-state index is 0.0273. The van der Waals surface area contributed by atoms with Crippen LogP contribution in [0.3, 0.4) is 0 Å². The number of unbranched alkanes of at least 4 members (excludes halogenated alkanes) is 25. The summed E-state index contributed by atoms with van der Waals surface area (Å²) in [6, 6.07) is -0.584. The molecular formula is C48H89NO5. The lowest BCUT2D eigenvalue weighted by molar-refractivity contribution is -0.143. The van der Waals surface area contributed by atoms with Crippen LogP contribution in [0.4, 0.5) is 0 Å². The summed E-state index contributed by atoms with van der Waals surface area (Å²) < 4.78 is 5.43. The van der Waals surface area contributed by atoms with E-state index in [0.717, 1.165) is 51.4 Å². The number of nitrogens with one attached hydrogen (secondary N) is 1. The molecule has 2 unspecified atom stereocenters. The van der Waals surface area contributed by atoms with E-state index in [1.807, 2.05) is 6.08 Å². The van der Waals surface area contributed by atoms with Gasteiger partial charge in [0.15, 0.2) is 0 Å². The summed E-state index contributed by atoms with van der Waals surface area (Å²) >= 11 is 0. The van der Waals surface area contributed by atoms with Gasteiger partial charge in [-0.2, -0.15) is 0 Å². The summed E-state index contributed by atoms with van der Waals surface area (Å²) in [6.45, 7) is 4.84. The van der Waals surface area contributed by atoms with Crippen LogP contribution in [0.2, 0.25) is 0 Å². The number of esters is 1. The number of hydrogen-bond donors (Lipinski definition) is 3. The molecule has 6 nitrogen and oxygen atoms in total. The molecule has 0 rings (SSSR count). The van der Waals surface area contributed by atoms with Gasteiger partial charge in [-0.1, -0.05) is 185 Å². The molecule has 0 aliphatic rings. The Morgan fingerprint density at radius 3 is 1.48 bits per heavy atom. The van der Waals surface area contributed by atoms with Crippen LogP contribution < -0.4 is 5.32 Å². The van der Waals surface area contributed by atoms with Crippen LogP contribution in [0.5, 0.6) is 0 Å². The topological polar surface area (TPSA) is 95.9 Å². The molecule has 316 valence electrons. The van der Waals surface area contributed by atoms with Gasteiger partial charge >= 0.3 is 5.97 Å². The van der Waals surface area contributed by atoms with Gasteiger partial charge in [0, 0.05) is 12.8 Å². The summed E-state index contributed by atoms with van der Waals surface area (Å²) in [5, 5.41) is 23.0. The largest absolute Gasteiger partial charge is 0.466 e. The van der Waals surface area contributed by atoms with E-state index in [2.05, 4.69) is 49.5 Å². The predicted molar refractivity (Wildman–Crippen MR) is 232 cm³/mol. The standard InChI is InChI=1S/C48H89NO5/c1-3-5-7-9-11-13-15-17-22-26-30-34-38-42-48(53)54-43-39-35-31-27-23-19-16-18-21-25-29-33-37-41-47(52)49-45(44-50)46(51)40-36-32-28-24-20-14-12-10-8-6-4-2/h13,15,18,21,29,33,45-46,50-51H,3-12,14,16-17,19-20,22-28,30-32,34-44H2,1-2H3,(H,49,52)/b15-13-,21-18-,33-29-. The van der Waals surface area contributed by atoms with Crippen molar-refractivity contribution in [2.75, 3.05) is 13.2 Å². The molecule has 0 aromatic rings. The number of allylic oxidation sites excluding steroid dienone is 6. The molecule has 1 amide bonds. The Morgan fingerprint density at radius 2 is 0.944 bits per heavy atom. The predicted octanol–water partition coefficient (Wildman–Crippen LogP) is 13.3. The molecule has 0 saturated heterocycles. The Bertz CT molecular complexity index is 884. The van der Waals surface area contributed by atoms with Gasteiger partial charge in [-0.25, -0.2) is 0 Å². The highest BCUT2D eigenvalue weighted by Gasteiger charge is 2.19. The molecule has 0 saturated carbocycles. The molecule has 3 N–H and O–H groups in total. The van der Waals surface area contributed by atoms with Crippen molar-refractivity contribution >= 4 is 11.9 Å². The smallest absolute Gasteiger partial charge is 0.305 e. The molecule has 0 aromatic carbocycles. The third-order valence-corrected chi connectivity index (χ3v) is 10.4. The fourth-order valence-electron chi connectivity index (χ4n) is 6.80. The van der Waals surface area contributed by atoms with Gasteiger partial charge in [0.1, 0.15) is 0 Å². The quantitative estimate of drug-likeness (QED) is 0.0327. The molecule has 0 spiro atoms. The van der Waals surface area contributed by atoms with Crippen LogP contribution in [-0.4, -0.2) is 47.4 Å². The number of rotatable bonds is 42. The maximum atomic E-state index is 12.3. The molecule has 0 aliphatic heterocycles.